The van der Waals surface area contributed by atoms with E-state index in [1.54, 1.807) is 35.9 Å². The minimum Gasteiger partial charge on any atom is -0.489 e. The second-order valence-corrected chi connectivity index (χ2v) is 7.08. The third-order valence-corrected chi connectivity index (χ3v) is 4.71. The molecule has 5 nitrogen and oxygen atoms in total. The standard InChI is InChI=1S/C22H21ClF2N2O3/c1-3-29-22(28)20-10-14(2)27(26-20)9-8-15-11-17(23)5-7-21(15)30-13-16-4-6-18(24)12-19(16)25/h4-7,10-12H,3,8-9,13H2,1-2H3. The largest absolute Gasteiger partial charge is 0.489 e. The summed E-state index contributed by atoms with van der Waals surface area (Å²) in [7, 11) is 0. The molecule has 0 saturated carbocycles. The van der Waals surface area contributed by atoms with Crippen LogP contribution in [0, 0.1) is 18.6 Å². The number of ether oxygens (including phenoxy) is 2. The summed E-state index contributed by atoms with van der Waals surface area (Å²) in [4.78, 5) is 11.9. The van der Waals surface area contributed by atoms with E-state index in [9.17, 15) is 13.6 Å². The summed E-state index contributed by atoms with van der Waals surface area (Å²) in [6, 6.07) is 10.2. The molecule has 0 radical (unpaired) electrons. The van der Waals surface area contributed by atoms with Gasteiger partial charge < -0.3 is 9.47 Å². The third-order valence-electron chi connectivity index (χ3n) is 4.48. The first kappa shape index (κ1) is 21.8. The molecule has 158 valence electrons. The van der Waals surface area contributed by atoms with Gasteiger partial charge in [0, 0.05) is 28.9 Å². The molecule has 0 saturated heterocycles. The van der Waals surface area contributed by atoms with Crippen LogP contribution >= 0.6 is 11.6 Å². The first-order valence-corrected chi connectivity index (χ1v) is 9.82. The Labute approximate surface area is 178 Å². The van der Waals surface area contributed by atoms with Gasteiger partial charge in [-0.25, -0.2) is 13.6 Å². The Kier molecular flexibility index (Phi) is 7.05. The highest BCUT2D eigenvalue weighted by atomic mass is 35.5. The fraction of sp³-hybridized carbons (Fsp3) is 0.273. The normalized spacial score (nSPS) is 10.8. The van der Waals surface area contributed by atoms with E-state index in [1.807, 2.05) is 6.92 Å². The summed E-state index contributed by atoms with van der Waals surface area (Å²) in [5, 5.41) is 4.83. The first-order valence-electron chi connectivity index (χ1n) is 9.44. The van der Waals surface area contributed by atoms with Crippen LogP contribution in [0.4, 0.5) is 8.78 Å². The second kappa shape index (κ2) is 9.71. The molecule has 3 aromatic rings. The summed E-state index contributed by atoms with van der Waals surface area (Å²) < 4.78 is 39.4. The van der Waals surface area contributed by atoms with Crippen molar-refractivity contribution in [2.24, 2.45) is 0 Å². The summed E-state index contributed by atoms with van der Waals surface area (Å²) >= 11 is 6.13. The molecule has 0 spiro atoms. The monoisotopic (exact) mass is 434 g/mol. The van der Waals surface area contributed by atoms with E-state index in [0.29, 0.717) is 23.7 Å². The van der Waals surface area contributed by atoms with Crippen LogP contribution in [0.15, 0.2) is 42.5 Å². The van der Waals surface area contributed by atoms with E-state index in [0.717, 1.165) is 17.3 Å². The smallest absolute Gasteiger partial charge is 0.358 e. The van der Waals surface area contributed by atoms with Gasteiger partial charge in [-0.15, -0.1) is 0 Å². The highest BCUT2D eigenvalue weighted by molar-refractivity contribution is 6.30. The van der Waals surface area contributed by atoms with Crippen LogP contribution in [-0.4, -0.2) is 22.4 Å². The molecule has 0 bridgehead atoms. The van der Waals surface area contributed by atoms with E-state index < -0.39 is 17.6 Å². The van der Waals surface area contributed by atoms with Gasteiger partial charge >= 0.3 is 5.97 Å². The molecule has 2 aromatic carbocycles. The lowest BCUT2D eigenvalue weighted by atomic mass is 10.1. The number of esters is 1. The summed E-state index contributed by atoms with van der Waals surface area (Å²) in [6.07, 6.45) is 0.520. The zero-order valence-electron chi connectivity index (χ0n) is 16.6. The van der Waals surface area contributed by atoms with E-state index in [4.69, 9.17) is 21.1 Å². The molecule has 0 amide bonds. The maximum Gasteiger partial charge on any atom is 0.358 e. The number of aryl methyl sites for hydroxylation is 3. The molecular weight excluding hydrogens is 414 g/mol. The predicted molar refractivity (Wildman–Crippen MR) is 109 cm³/mol. The molecule has 0 aliphatic carbocycles. The molecule has 0 unspecified atom stereocenters. The molecule has 0 fully saturated rings. The van der Waals surface area contributed by atoms with Crippen molar-refractivity contribution in [1.29, 1.82) is 0 Å². The first-order chi connectivity index (χ1) is 14.4. The number of carbonyl (C=O) groups is 1. The number of aromatic nitrogens is 2. The van der Waals surface area contributed by atoms with Crippen LogP contribution < -0.4 is 4.74 Å². The number of nitrogens with zero attached hydrogens (tertiary/aromatic N) is 2. The van der Waals surface area contributed by atoms with Gasteiger partial charge in [-0.05, 0) is 62.2 Å². The molecule has 30 heavy (non-hydrogen) atoms. The van der Waals surface area contributed by atoms with Crippen molar-refractivity contribution in [2.45, 2.75) is 33.4 Å². The lowest BCUT2D eigenvalue weighted by molar-refractivity contribution is 0.0518. The van der Waals surface area contributed by atoms with Crippen molar-refractivity contribution < 1.29 is 23.0 Å². The second-order valence-electron chi connectivity index (χ2n) is 6.64. The highest BCUT2D eigenvalue weighted by Crippen LogP contribution is 2.25. The molecule has 0 aliphatic rings. The number of rotatable bonds is 8. The van der Waals surface area contributed by atoms with E-state index in [-0.39, 0.29) is 24.5 Å². The number of benzene rings is 2. The molecule has 0 N–H and O–H groups in total. The predicted octanol–water partition coefficient (Wildman–Crippen LogP) is 5.12. The van der Waals surface area contributed by atoms with Crippen LogP contribution in [-0.2, 0) is 24.3 Å². The number of carbonyl (C=O) groups excluding carboxylic acids is 1. The Morgan fingerprint density at radius 1 is 1.13 bits per heavy atom. The van der Waals surface area contributed by atoms with E-state index in [2.05, 4.69) is 5.10 Å². The van der Waals surface area contributed by atoms with Crippen molar-refractivity contribution in [3.05, 3.63) is 81.6 Å². The van der Waals surface area contributed by atoms with Gasteiger partial charge in [-0.1, -0.05) is 11.6 Å². The van der Waals surface area contributed by atoms with Crippen LogP contribution in [0.3, 0.4) is 0 Å². The molecular formula is C22H21ClF2N2O3. The minimum absolute atomic E-state index is 0.0471. The Morgan fingerprint density at radius 3 is 2.67 bits per heavy atom. The van der Waals surface area contributed by atoms with Crippen molar-refractivity contribution in [1.82, 2.24) is 9.78 Å². The molecule has 0 atom stereocenters. The number of hydrogen-bond donors (Lipinski definition) is 0. The van der Waals surface area contributed by atoms with Gasteiger partial charge in [0.15, 0.2) is 5.69 Å². The van der Waals surface area contributed by atoms with Gasteiger partial charge in [0.2, 0.25) is 0 Å². The minimum atomic E-state index is -0.663. The quantitative estimate of drug-likeness (QED) is 0.462. The van der Waals surface area contributed by atoms with Gasteiger partial charge in [-0.3, -0.25) is 4.68 Å². The lowest BCUT2D eigenvalue weighted by Crippen LogP contribution is -2.09. The van der Waals surface area contributed by atoms with Gasteiger partial charge in [-0.2, -0.15) is 5.10 Å². The van der Waals surface area contributed by atoms with Crippen molar-refractivity contribution in [2.75, 3.05) is 6.61 Å². The Balaban J connectivity index is 1.72. The molecule has 1 heterocycles. The summed E-state index contributed by atoms with van der Waals surface area (Å²) in [6.45, 7) is 4.30. The van der Waals surface area contributed by atoms with Gasteiger partial charge in [0.1, 0.15) is 24.0 Å². The van der Waals surface area contributed by atoms with E-state index in [1.165, 1.54) is 12.1 Å². The molecule has 0 aliphatic heterocycles. The van der Waals surface area contributed by atoms with Crippen molar-refractivity contribution >= 4 is 17.6 Å². The van der Waals surface area contributed by atoms with Crippen LogP contribution in [0.5, 0.6) is 5.75 Å². The van der Waals surface area contributed by atoms with Crippen LogP contribution in [0.25, 0.3) is 0 Å². The van der Waals surface area contributed by atoms with Crippen LogP contribution in [0.1, 0.15) is 34.2 Å². The highest BCUT2D eigenvalue weighted by Gasteiger charge is 2.14. The number of halogens is 3. The summed E-state index contributed by atoms with van der Waals surface area (Å²) in [5.74, 6) is -1.23. The average molecular weight is 435 g/mol. The summed E-state index contributed by atoms with van der Waals surface area (Å²) in [5.41, 5.74) is 2.12. The van der Waals surface area contributed by atoms with Gasteiger partial charge in [0.25, 0.3) is 0 Å². The SMILES string of the molecule is CCOC(=O)c1cc(C)n(CCc2cc(Cl)ccc2OCc2ccc(F)cc2F)n1. The topological polar surface area (TPSA) is 53.4 Å². The fourth-order valence-electron chi connectivity index (χ4n) is 2.95. The van der Waals surface area contributed by atoms with Crippen molar-refractivity contribution in [3.63, 3.8) is 0 Å². The maximum atomic E-state index is 13.9. The Bertz CT molecular complexity index is 1050. The third kappa shape index (κ3) is 5.36. The average Bonchev–Trinajstić information content (AvgIpc) is 3.08. The number of hydrogen-bond acceptors (Lipinski definition) is 4. The maximum absolute atomic E-state index is 13.9. The Hall–Kier alpha value is -2.93. The zero-order valence-corrected chi connectivity index (χ0v) is 17.4. The zero-order chi connectivity index (χ0) is 21.7. The van der Waals surface area contributed by atoms with Crippen LogP contribution in [0.2, 0.25) is 5.02 Å². The van der Waals surface area contributed by atoms with E-state index >= 15 is 0 Å². The van der Waals surface area contributed by atoms with Gasteiger partial charge in [0.05, 0.1) is 6.61 Å². The molecule has 1 aromatic heterocycles. The lowest BCUT2D eigenvalue weighted by Gasteiger charge is -2.13. The molecule has 3 rings (SSSR count). The Morgan fingerprint density at radius 2 is 1.93 bits per heavy atom. The molecule has 8 heteroatoms. The van der Waals surface area contributed by atoms with Crippen molar-refractivity contribution in [3.8, 4) is 5.75 Å². The fourth-order valence-corrected chi connectivity index (χ4v) is 3.14.